The normalized spacial score (nSPS) is 11.8. The average Bonchev–Trinajstić information content (AvgIpc) is 3.08. The largest absolute Gasteiger partial charge is 0.480 e. The van der Waals surface area contributed by atoms with E-state index in [1.807, 2.05) is 0 Å². The second-order valence-electron chi connectivity index (χ2n) is 4.09. The van der Waals surface area contributed by atoms with Gasteiger partial charge >= 0.3 is 5.97 Å². The van der Waals surface area contributed by atoms with E-state index in [2.05, 4.69) is 10.5 Å². The summed E-state index contributed by atoms with van der Waals surface area (Å²) in [6, 6.07) is 3.09. The van der Waals surface area contributed by atoms with Crippen molar-refractivity contribution in [3.8, 4) is 11.5 Å². The molecule has 0 aliphatic heterocycles. The van der Waals surface area contributed by atoms with E-state index in [1.165, 1.54) is 12.3 Å². The standard InChI is InChI=1S/C12H11N3O6/c13-10(16)5-7(12(18)19)14-11(17)6-4-9(21-15-6)8-2-1-3-20-8/h1-4,7H,5H2,(H2,13,16)(H,14,17)(H,18,19). The molecule has 0 bridgehead atoms. The maximum Gasteiger partial charge on any atom is 0.326 e. The Bertz CT molecular complexity index is 660. The SMILES string of the molecule is NC(=O)CC(NC(=O)c1cc(-c2ccco2)on1)C(=O)O. The molecule has 1 atom stereocenters. The molecule has 110 valence electrons. The summed E-state index contributed by atoms with van der Waals surface area (Å²) < 4.78 is 9.97. The third kappa shape index (κ3) is 3.47. The Morgan fingerprint density at radius 2 is 2.14 bits per heavy atom. The Balaban J connectivity index is 2.09. The Kier molecular flexibility index (Phi) is 4.02. The number of aliphatic carboxylic acids is 1. The summed E-state index contributed by atoms with van der Waals surface area (Å²) in [5.41, 5.74) is 4.77. The Morgan fingerprint density at radius 1 is 1.38 bits per heavy atom. The van der Waals surface area contributed by atoms with E-state index in [-0.39, 0.29) is 11.5 Å². The van der Waals surface area contributed by atoms with Gasteiger partial charge in [0.25, 0.3) is 5.91 Å². The highest BCUT2D eigenvalue weighted by Crippen LogP contribution is 2.20. The van der Waals surface area contributed by atoms with Crippen LogP contribution in [0.3, 0.4) is 0 Å². The van der Waals surface area contributed by atoms with Crippen molar-refractivity contribution >= 4 is 17.8 Å². The average molecular weight is 293 g/mol. The molecule has 0 aromatic carbocycles. The summed E-state index contributed by atoms with van der Waals surface area (Å²) in [5, 5.41) is 14.5. The van der Waals surface area contributed by atoms with Crippen LogP contribution >= 0.6 is 0 Å². The van der Waals surface area contributed by atoms with Gasteiger partial charge in [0.2, 0.25) is 11.7 Å². The highest BCUT2D eigenvalue weighted by Gasteiger charge is 2.24. The van der Waals surface area contributed by atoms with E-state index < -0.39 is 30.2 Å². The van der Waals surface area contributed by atoms with E-state index in [4.69, 9.17) is 19.8 Å². The minimum absolute atomic E-state index is 0.142. The van der Waals surface area contributed by atoms with Gasteiger partial charge in [-0.05, 0) is 12.1 Å². The van der Waals surface area contributed by atoms with Crippen LogP contribution in [0.1, 0.15) is 16.9 Å². The first kappa shape index (κ1) is 14.3. The molecular formula is C12H11N3O6. The molecule has 2 amide bonds. The number of carboxylic acid groups (broad SMARTS) is 1. The number of amides is 2. The molecule has 2 heterocycles. The van der Waals surface area contributed by atoms with Gasteiger partial charge in [-0.1, -0.05) is 5.16 Å². The second-order valence-corrected chi connectivity index (χ2v) is 4.09. The third-order valence-corrected chi connectivity index (χ3v) is 2.52. The van der Waals surface area contributed by atoms with Gasteiger partial charge < -0.3 is 25.1 Å². The molecule has 0 saturated carbocycles. The fourth-order valence-corrected chi connectivity index (χ4v) is 1.55. The van der Waals surface area contributed by atoms with Gasteiger partial charge in [-0.2, -0.15) is 0 Å². The smallest absolute Gasteiger partial charge is 0.326 e. The molecule has 2 aromatic heterocycles. The van der Waals surface area contributed by atoms with Gasteiger partial charge in [-0.3, -0.25) is 9.59 Å². The topological polar surface area (TPSA) is 149 Å². The summed E-state index contributed by atoms with van der Waals surface area (Å²) in [6.45, 7) is 0. The number of furan rings is 1. The molecule has 0 aliphatic carbocycles. The van der Waals surface area contributed by atoms with Crippen molar-refractivity contribution < 1.29 is 28.4 Å². The van der Waals surface area contributed by atoms with Crippen LogP contribution in [0.2, 0.25) is 0 Å². The van der Waals surface area contributed by atoms with Crippen LogP contribution in [-0.4, -0.2) is 34.1 Å². The molecule has 0 saturated heterocycles. The molecule has 0 aliphatic rings. The summed E-state index contributed by atoms with van der Waals surface area (Å²) >= 11 is 0. The molecule has 2 aromatic rings. The van der Waals surface area contributed by atoms with Gasteiger partial charge in [0.15, 0.2) is 11.5 Å². The number of nitrogens with zero attached hydrogens (tertiary/aromatic N) is 1. The van der Waals surface area contributed by atoms with Crippen LogP contribution in [0.4, 0.5) is 0 Å². The fourth-order valence-electron chi connectivity index (χ4n) is 1.55. The molecule has 1 unspecified atom stereocenters. The Hall–Kier alpha value is -3.10. The number of primary amides is 1. The molecular weight excluding hydrogens is 282 g/mol. The first-order valence-corrected chi connectivity index (χ1v) is 5.80. The molecule has 9 nitrogen and oxygen atoms in total. The first-order valence-electron chi connectivity index (χ1n) is 5.80. The molecule has 0 spiro atoms. The quantitative estimate of drug-likeness (QED) is 0.678. The summed E-state index contributed by atoms with van der Waals surface area (Å²) in [4.78, 5) is 33.5. The lowest BCUT2D eigenvalue weighted by molar-refractivity contribution is -0.140. The number of hydrogen-bond acceptors (Lipinski definition) is 6. The van der Waals surface area contributed by atoms with Crippen LogP contribution in [-0.2, 0) is 9.59 Å². The van der Waals surface area contributed by atoms with E-state index >= 15 is 0 Å². The number of nitrogens with one attached hydrogen (secondary N) is 1. The van der Waals surface area contributed by atoms with Gasteiger partial charge in [0, 0.05) is 6.07 Å². The molecule has 9 heteroatoms. The van der Waals surface area contributed by atoms with E-state index in [0.29, 0.717) is 5.76 Å². The first-order chi connectivity index (χ1) is 9.97. The number of carbonyl (C=O) groups excluding carboxylic acids is 2. The number of nitrogens with two attached hydrogens (primary N) is 1. The zero-order valence-electron chi connectivity index (χ0n) is 10.6. The minimum atomic E-state index is -1.43. The van der Waals surface area contributed by atoms with Crippen molar-refractivity contribution in [3.05, 3.63) is 30.2 Å². The number of aromatic nitrogens is 1. The monoisotopic (exact) mass is 293 g/mol. The van der Waals surface area contributed by atoms with Gasteiger partial charge in [0.05, 0.1) is 12.7 Å². The highest BCUT2D eigenvalue weighted by molar-refractivity contribution is 5.96. The predicted molar refractivity (Wildman–Crippen MR) is 66.9 cm³/mol. The Morgan fingerprint density at radius 3 is 2.71 bits per heavy atom. The molecule has 21 heavy (non-hydrogen) atoms. The highest BCUT2D eigenvalue weighted by atomic mass is 16.5. The second kappa shape index (κ2) is 5.90. The van der Waals surface area contributed by atoms with Crippen LogP contribution in [0, 0.1) is 0 Å². The summed E-state index contributed by atoms with van der Waals surface area (Å²) in [5.74, 6) is -2.44. The third-order valence-electron chi connectivity index (χ3n) is 2.52. The number of rotatable bonds is 6. The van der Waals surface area contributed by atoms with Crippen molar-refractivity contribution in [1.82, 2.24) is 10.5 Å². The predicted octanol–water partition coefficient (Wildman–Crippen LogP) is -0.00700. The van der Waals surface area contributed by atoms with Crippen LogP contribution < -0.4 is 11.1 Å². The summed E-state index contributed by atoms with van der Waals surface area (Å²) in [7, 11) is 0. The number of carbonyl (C=O) groups is 3. The van der Waals surface area contributed by atoms with Crippen LogP contribution in [0.5, 0.6) is 0 Å². The van der Waals surface area contributed by atoms with E-state index in [1.54, 1.807) is 12.1 Å². The summed E-state index contributed by atoms with van der Waals surface area (Å²) in [6.07, 6.45) is 0.898. The fraction of sp³-hybridized carbons (Fsp3) is 0.167. The van der Waals surface area contributed by atoms with Crippen LogP contribution in [0.25, 0.3) is 11.5 Å². The van der Waals surface area contributed by atoms with Crippen molar-refractivity contribution in [2.75, 3.05) is 0 Å². The van der Waals surface area contributed by atoms with Crippen molar-refractivity contribution in [2.24, 2.45) is 5.73 Å². The van der Waals surface area contributed by atoms with Crippen molar-refractivity contribution in [2.45, 2.75) is 12.5 Å². The van der Waals surface area contributed by atoms with Crippen LogP contribution in [0.15, 0.2) is 33.4 Å². The zero-order valence-corrected chi connectivity index (χ0v) is 10.6. The lowest BCUT2D eigenvalue weighted by Gasteiger charge is -2.10. The van der Waals surface area contributed by atoms with Crippen molar-refractivity contribution in [3.63, 3.8) is 0 Å². The maximum absolute atomic E-state index is 11.8. The minimum Gasteiger partial charge on any atom is -0.480 e. The Labute approximate surface area is 117 Å². The van der Waals surface area contributed by atoms with Crippen molar-refractivity contribution in [1.29, 1.82) is 0 Å². The zero-order chi connectivity index (χ0) is 15.4. The lowest BCUT2D eigenvalue weighted by Crippen LogP contribution is -2.43. The molecule has 0 fully saturated rings. The number of carboxylic acids is 1. The number of hydrogen-bond donors (Lipinski definition) is 3. The maximum atomic E-state index is 11.8. The lowest BCUT2D eigenvalue weighted by atomic mass is 10.2. The van der Waals surface area contributed by atoms with E-state index in [0.717, 1.165) is 0 Å². The van der Waals surface area contributed by atoms with E-state index in [9.17, 15) is 14.4 Å². The van der Waals surface area contributed by atoms with Gasteiger partial charge in [-0.15, -0.1) is 0 Å². The molecule has 0 radical (unpaired) electrons. The van der Waals surface area contributed by atoms with Gasteiger partial charge in [-0.25, -0.2) is 4.79 Å². The molecule has 2 rings (SSSR count). The van der Waals surface area contributed by atoms with Gasteiger partial charge in [0.1, 0.15) is 6.04 Å². The molecule has 4 N–H and O–H groups in total.